The van der Waals surface area contributed by atoms with Crippen molar-refractivity contribution in [3.05, 3.63) is 24.3 Å². The van der Waals surface area contributed by atoms with Crippen molar-refractivity contribution in [2.75, 3.05) is 25.0 Å². The molecule has 1 aromatic rings. The summed E-state index contributed by atoms with van der Waals surface area (Å²) >= 11 is 0. The molecule has 2 aliphatic rings. The Labute approximate surface area is 160 Å². The molecule has 1 aromatic carbocycles. The van der Waals surface area contributed by atoms with E-state index >= 15 is 0 Å². The Bertz CT molecular complexity index is 783. The highest BCUT2D eigenvalue weighted by molar-refractivity contribution is 7.89. The Kier molecular flexibility index (Phi) is 6.16. The van der Waals surface area contributed by atoms with E-state index in [0.29, 0.717) is 24.7 Å². The van der Waals surface area contributed by atoms with E-state index in [1.54, 1.807) is 12.1 Å². The molecule has 8 heteroatoms. The molecule has 1 saturated heterocycles. The Balaban J connectivity index is 1.54. The van der Waals surface area contributed by atoms with Crippen LogP contribution >= 0.6 is 0 Å². The first-order valence-corrected chi connectivity index (χ1v) is 10.9. The third-order valence-corrected chi connectivity index (χ3v) is 7.01. The third kappa shape index (κ3) is 5.07. The molecule has 0 radical (unpaired) electrons. The van der Waals surface area contributed by atoms with Crippen molar-refractivity contribution >= 4 is 27.6 Å². The molecule has 0 unspecified atom stereocenters. The zero-order chi connectivity index (χ0) is 19.4. The molecular formula is C19H26N2O5S. The van der Waals surface area contributed by atoms with Crippen LogP contribution in [0.5, 0.6) is 0 Å². The SMILES string of the molecule is C[C@H]1C[C@@H]1C(=O)OCC(=O)Nc1ccc(S(=O)(=O)N2CCCCCC2)cc1. The molecule has 1 N–H and O–H groups in total. The van der Waals surface area contributed by atoms with Crippen molar-refractivity contribution in [1.29, 1.82) is 0 Å². The van der Waals surface area contributed by atoms with Crippen molar-refractivity contribution in [2.24, 2.45) is 11.8 Å². The number of carbonyl (C=O) groups is 2. The van der Waals surface area contributed by atoms with Crippen LogP contribution in [-0.4, -0.2) is 44.3 Å². The summed E-state index contributed by atoms with van der Waals surface area (Å²) in [6, 6.07) is 6.09. The summed E-state index contributed by atoms with van der Waals surface area (Å²) in [6.07, 6.45) is 4.69. The first-order chi connectivity index (χ1) is 12.9. The molecule has 7 nitrogen and oxygen atoms in total. The lowest BCUT2D eigenvalue weighted by Gasteiger charge is -2.20. The van der Waals surface area contributed by atoms with Gasteiger partial charge in [0.05, 0.1) is 10.8 Å². The standard InChI is InChI=1S/C19H26N2O5S/c1-14-12-17(14)19(23)26-13-18(22)20-15-6-8-16(9-7-15)27(24,25)21-10-4-2-3-5-11-21/h6-9,14,17H,2-5,10-13H2,1H3,(H,20,22)/t14-,17-/m0/s1. The first-order valence-electron chi connectivity index (χ1n) is 9.44. The lowest BCUT2D eigenvalue weighted by Crippen LogP contribution is -2.31. The molecule has 1 aliphatic carbocycles. The van der Waals surface area contributed by atoms with E-state index < -0.39 is 15.9 Å². The minimum atomic E-state index is -3.51. The second-order valence-electron chi connectivity index (χ2n) is 7.32. The second-order valence-corrected chi connectivity index (χ2v) is 9.26. The average molecular weight is 394 g/mol. The van der Waals surface area contributed by atoms with Gasteiger partial charge in [-0.2, -0.15) is 4.31 Å². The van der Waals surface area contributed by atoms with Crippen LogP contribution in [0.25, 0.3) is 0 Å². The molecule has 3 rings (SSSR count). The van der Waals surface area contributed by atoms with Crippen molar-refractivity contribution in [3.63, 3.8) is 0 Å². The van der Waals surface area contributed by atoms with Crippen molar-refractivity contribution in [2.45, 2.75) is 43.9 Å². The summed E-state index contributed by atoms with van der Waals surface area (Å²) in [5, 5.41) is 2.61. The summed E-state index contributed by atoms with van der Waals surface area (Å²) < 4.78 is 32.0. The van der Waals surface area contributed by atoms with Crippen LogP contribution in [0.3, 0.4) is 0 Å². The van der Waals surface area contributed by atoms with E-state index in [1.165, 1.54) is 16.4 Å². The zero-order valence-electron chi connectivity index (χ0n) is 15.5. The predicted molar refractivity (Wildman–Crippen MR) is 101 cm³/mol. The smallest absolute Gasteiger partial charge is 0.309 e. The summed E-state index contributed by atoms with van der Waals surface area (Å²) in [7, 11) is -3.51. The normalized spacial score (nSPS) is 23.3. The van der Waals surface area contributed by atoms with Gasteiger partial charge in [0.25, 0.3) is 5.91 Å². The molecule has 0 aromatic heterocycles. The van der Waals surface area contributed by atoms with Gasteiger partial charge < -0.3 is 10.1 Å². The van der Waals surface area contributed by atoms with Crippen LogP contribution in [0.15, 0.2) is 29.2 Å². The van der Waals surface area contributed by atoms with E-state index in [0.717, 1.165) is 32.1 Å². The first kappa shape index (κ1) is 19.8. The largest absolute Gasteiger partial charge is 0.455 e. The third-order valence-electron chi connectivity index (χ3n) is 5.10. The maximum Gasteiger partial charge on any atom is 0.309 e. The molecule has 27 heavy (non-hydrogen) atoms. The van der Waals surface area contributed by atoms with Gasteiger partial charge >= 0.3 is 5.97 Å². The van der Waals surface area contributed by atoms with Crippen molar-refractivity contribution in [3.8, 4) is 0 Å². The minimum absolute atomic E-state index is 0.0822. The fourth-order valence-electron chi connectivity index (χ4n) is 3.23. The topological polar surface area (TPSA) is 92.8 Å². The molecule has 1 amide bonds. The van der Waals surface area contributed by atoms with Crippen molar-refractivity contribution < 1.29 is 22.7 Å². The van der Waals surface area contributed by atoms with Gasteiger partial charge in [-0.1, -0.05) is 19.8 Å². The number of sulfonamides is 1. The molecule has 0 bridgehead atoms. The van der Waals surface area contributed by atoms with Crippen LogP contribution in [0.2, 0.25) is 0 Å². The van der Waals surface area contributed by atoms with Crippen LogP contribution in [0, 0.1) is 11.8 Å². The average Bonchev–Trinajstić information content (AvgIpc) is 3.42. The monoisotopic (exact) mass is 394 g/mol. The van der Waals surface area contributed by atoms with E-state index in [-0.39, 0.29) is 23.4 Å². The molecule has 1 heterocycles. The molecule has 2 atom stereocenters. The zero-order valence-corrected chi connectivity index (χ0v) is 16.3. The molecule has 1 aliphatic heterocycles. The summed E-state index contributed by atoms with van der Waals surface area (Å²) in [5.41, 5.74) is 0.464. The Morgan fingerprint density at radius 1 is 1.11 bits per heavy atom. The number of hydrogen-bond acceptors (Lipinski definition) is 5. The van der Waals surface area contributed by atoms with Gasteiger partial charge in [0.2, 0.25) is 10.0 Å². The number of esters is 1. The van der Waals surface area contributed by atoms with Crippen molar-refractivity contribution in [1.82, 2.24) is 4.31 Å². The lowest BCUT2D eigenvalue weighted by atomic mass is 10.2. The van der Waals surface area contributed by atoms with E-state index in [2.05, 4.69) is 5.32 Å². The van der Waals surface area contributed by atoms with Crippen LogP contribution in [0.1, 0.15) is 39.0 Å². The van der Waals surface area contributed by atoms with Gasteiger partial charge in [-0.05, 0) is 49.4 Å². The van der Waals surface area contributed by atoms with Gasteiger partial charge in [-0.25, -0.2) is 8.42 Å². The number of ether oxygens (including phenoxy) is 1. The number of rotatable bonds is 6. The lowest BCUT2D eigenvalue weighted by molar-refractivity contribution is -0.148. The van der Waals surface area contributed by atoms with E-state index in [9.17, 15) is 18.0 Å². The Morgan fingerprint density at radius 3 is 2.26 bits per heavy atom. The number of nitrogens with one attached hydrogen (secondary N) is 1. The van der Waals surface area contributed by atoms with Gasteiger partial charge in [0, 0.05) is 18.8 Å². The summed E-state index contributed by atoms with van der Waals surface area (Å²) in [5.74, 6) is -0.531. The maximum absolute atomic E-state index is 12.7. The quantitative estimate of drug-likeness (QED) is 0.748. The highest BCUT2D eigenvalue weighted by atomic mass is 32.2. The number of hydrogen-bond donors (Lipinski definition) is 1. The number of anilines is 1. The molecular weight excluding hydrogens is 368 g/mol. The molecule has 0 spiro atoms. The highest BCUT2D eigenvalue weighted by Crippen LogP contribution is 2.38. The van der Waals surface area contributed by atoms with Gasteiger partial charge in [0.15, 0.2) is 6.61 Å². The van der Waals surface area contributed by atoms with E-state index in [1.807, 2.05) is 6.92 Å². The van der Waals surface area contributed by atoms with Gasteiger partial charge in [-0.15, -0.1) is 0 Å². The molecule has 148 valence electrons. The number of benzene rings is 1. The number of amides is 1. The Hall–Kier alpha value is -1.93. The minimum Gasteiger partial charge on any atom is -0.455 e. The van der Waals surface area contributed by atoms with E-state index in [4.69, 9.17) is 4.74 Å². The summed E-state index contributed by atoms with van der Waals surface area (Å²) in [6.45, 7) is 2.72. The predicted octanol–water partition coefficient (Wildman–Crippen LogP) is 2.39. The molecule has 2 fully saturated rings. The van der Waals surface area contributed by atoms with Crippen LogP contribution < -0.4 is 5.32 Å². The second kappa shape index (κ2) is 8.39. The van der Waals surface area contributed by atoms with Gasteiger partial charge in [0.1, 0.15) is 0 Å². The van der Waals surface area contributed by atoms with Crippen LogP contribution in [-0.2, 0) is 24.3 Å². The highest BCUT2D eigenvalue weighted by Gasteiger charge is 2.40. The Morgan fingerprint density at radius 2 is 1.70 bits per heavy atom. The van der Waals surface area contributed by atoms with Gasteiger partial charge in [-0.3, -0.25) is 9.59 Å². The number of carbonyl (C=O) groups excluding carboxylic acids is 2. The fourth-order valence-corrected chi connectivity index (χ4v) is 4.75. The number of nitrogens with zero attached hydrogens (tertiary/aromatic N) is 1. The maximum atomic E-state index is 12.7. The van der Waals surface area contributed by atoms with Crippen LogP contribution in [0.4, 0.5) is 5.69 Å². The molecule has 1 saturated carbocycles. The fraction of sp³-hybridized carbons (Fsp3) is 0.579. The summed E-state index contributed by atoms with van der Waals surface area (Å²) in [4.78, 5) is 23.7.